The fourth-order valence-corrected chi connectivity index (χ4v) is 9.39. The highest BCUT2D eigenvalue weighted by Gasteiger charge is 2.42. The van der Waals surface area contributed by atoms with Crippen molar-refractivity contribution in [1.82, 2.24) is 13.5 Å². The van der Waals surface area contributed by atoms with E-state index in [1.54, 1.807) is 44.4 Å². The van der Waals surface area contributed by atoms with Gasteiger partial charge in [-0.15, -0.1) is 0 Å². The lowest BCUT2D eigenvalue weighted by atomic mass is 9.90. The van der Waals surface area contributed by atoms with Gasteiger partial charge in [0.15, 0.2) is 9.84 Å². The average molecular weight is 695 g/mol. The second-order valence-electron chi connectivity index (χ2n) is 13.8. The summed E-state index contributed by atoms with van der Waals surface area (Å²) in [5.41, 5.74) is 2.60. The lowest BCUT2D eigenvalue weighted by Crippen LogP contribution is -2.39. The lowest BCUT2D eigenvalue weighted by molar-refractivity contribution is 0.0188. The molecule has 2 aromatic heterocycles. The van der Waals surface area contributed by atoms with Crippen LogP contribution in [0.1, 0.15) is 42.8 Å². The highest BCUT2D eigenvalue weighted by Crippen LogP contribution is 2.41. The molecule has 2 heterocycles. The van der Waals surface area contributed by atoms with Crippen molar-refractivity contribution in [1.29, 1.82) is 5.26 Å². The van der Waals surface area contributed by atoms with Crippen molar-refractivity contribution in [2.45, 2.75) is 70.0 Å². The van der Waals surface area contributed by atoms with Crippen molar-refractivity contribution >= 4 is 49.9 Å². The minimum Gasteiger partial charge on any atom is -0.366 e. The predicted molar refractivity (Wildman–Crippen MR) is 188 cm³/mol. The Kier molecular flexibility index (Phi) is 9.00. The van der Waals surface area contributed by atoms with Gasteiger partial charge in [-0.05, 0) is 75.2 Å². The first-order valence-electron chi connectivity index (χ1n) is 15.4. The molecule has 0 aliphatic heterocycles. The molecule has 1 aliphatic carbocycles. The molecule has 0 amide bonds. The Balaban J connectivity index is 1.68. The van der Waals surface area contributed by atoms with E-state index in [1.807, 2.05) is 30.5 Å². The van der Waals surface area contributed by atoms with Crippen LogP contribution in [0.15, 0.2) is 65.7 Å². The van der Waals surface area contributed by atoms with Crippen LogP contribution in [0.2, 0.25) is 25.7 Å². The summed E-state index contributed by atoms with van der Waals surface area (Å²) < 4.78 is 67.6. The van der Waals surface area contributed by atoms with Gasteiger partial charge in [0.1, 0.15) is 22.9 Å². The van der Waals surface area contributed by atoms with E-state index in [4.69, 9.17) is 14.5 Å². The third-order valence-electron chi connectivity index (χ3n) is 8.99. The maximum absolute atomic E-state index is 14.4. The molecule has 0 saturated carbocycles. The van der Waals surface area contributed by atoms with Crippen LogP contribution in [0.4, 0.5) is 0 Å². The molecule has 4 aromatic rings. The van der Waals surface area contributed by atoms with Crippen LogP contribution < -0.4 is 0 Å². The number of allylic oxidation sites excluding steroid dienone is 2. The third kappa shape index (κ3) is 6.25. The maximum Gasteiger partial charge on any atom is 0.248 e. The Labute approximate surface area is 278 Å². The van der Waals surface area contributed by atoms with Crippen molar-refractivity contribution in [3.8, 4) is 6.07 Å². The molecule has 250 valence electrons. The fraction of sp³-hybridized carbons (Fsp3) is 0.412. The van der Waals surface area contributed by atoms with Crippen molar-refractivity contribution < 1.29 is 26.3 Å². The van der Waals surface area contributed by atoms with Crippen LogP contribution in [-0.4, -0.2) is 63.2 Å². The molecule has 2 unspecified atom stereocenters. The molecule has 2 atom stereocenters. The first-order chi connectivity index (χ1) is 21.9. The molecular formula is C34H42N4O6S2Si. The molecular weight excluding hydrogens is 653 g/mol. The second kappa shape index (κ2) is 12.2. The summed E-state index contributed by atoms with van der Waals surface area (Å²) in [6.45, 7) is 12.9. The number of methoxy groups -OCH3 is 1. The number of imidazole rings is 1. The molecule has 1 aliphatic rings. The maximum atomic E-state index is 14.4. The van der Waals surface area contributed by atoms with Gasteiger partial charge < -0.3 is 14.0 Å². The summed E-state index contributed by atoms with van der Waals surface area (Å²) in [5.74, 6) is 0.545. The number of benzene rings is 2. The number of rotatable bonds is 11. The molecule has 47 heavy (non-hydrogen) atoms. The minimum absolute atomic E-state index is 0.0267. The smallest absolute Gasteiger partial charge is 0.248 e. The first-order valence-corrected chi connectivity index (χ1v) is 22.4. The van der Waals surface area contributed by atoms with Crippen molar-refractivity contribution in [2.75, 3.05) is 20.0 Å². The van der Waals surface area contributed by atoms with E-state index in [0.717, 1.165) is 23.4 Å². The summed E-state index contributed by atoms with van der Waals surface area (Å²) in [4.78, 5) is 4.97. The molecule has 0 bridgehead atoms. The van der Waals surface area contributed by atoms with Gasteiger partial charge in [-0.2, -0.15) is 5.26 Å². The number of hydrogen-bond acceptors (Lipinski definition) is 8. The summed E-state index contributed by atoms with van der Waals surface area (Å²) in [6, 6.07) is 14.0. The molecule has 0 saturated heterocycles. The van der Waals surface area contributed by atoms with E-state index >= 15 is 0 Å². The Bertz CT molecular complexity index is 2200. The van der Waals surface area contributed by atoms with Gasteiger partial charge in [-0.3, -0.25) is 0 Å². The fourth-order valence-electron chi connectivity index (χ4n) is 6.01. The van der Waals surface area contributed by atoms with E-state index in [1.165, 1.54) is 22.3 Å². The van der Waals surface area contributed by atoms with Crippen molar-refractivity contribution in [2.24, 2.45) is 0 Å². The van der Waals surface area contributed by atoms with Gasteiger partial charge >= 0.3 is 0 Å². The van der Waals surface area contributed by atoms with E-state index in [2.05, 4.69) is 25.7 Å². The quantitative estimate of drug-likeness (QED) is 0.134. The highest BCUT2D eigenvalue weighted by atomic mass is 32.2. The number of aryl methyl sites for hydroxylation is 1. The second-order valence-corrected chi connectivity index (χ2v) is 23.7. The average Bonchev–Trinajstić information content (AvgIpc) is 3.61. The van der Waals surface area contributed by atoms with Crippen LogP contribution in [-0.2, 0) is 41.7 Å². The zero-order valence-corrected chi connectivity index (χ0v) is 30.8. The van der Waals surface area contributed by atoms with E-state index in [9.17, 15) is 22.1 Å². The number of aromatic nitrogens is 3. The molecule has 2 aromatic carbocycles. The predicted octanol–water partition coefficient (Wildman–Crippen LogP) is 6.22. The largest absolute Gasteiger partial charge is 0.366 e. The van der Waals surface area contributed by atoms with Crippen molar-refractivity contribution in [3.05, 3.63) is 88.2 Å². The zero-order valence-electron chi connectivity index (χ0n) is 28.2. The van der Waals surface area contributed by atoms with E-state index < -0.39 is 38.3 Å². The Hall–Kier alpha value is -3.54. The number of ether oxygens (including phenoxy) is 2. The first kappa shape index (κ1) is 34.8. The van der Waals surface area contributed by atoms with Crippen LogP contribution >= 0.6 is 0 Å². The van der Waals surface area contributed by atoms with Gasteiger partial charge in [0.25, 0.3) is 0 Å². The number of sulfone groups is 1. The van der Waals surface area contributed by atoms with Gasteiger partial charge in [-0.25, -0.2) is 25.8 Å². The van der Waals surface area contributed by atoms with Crippen LogP contribution in [0.25, 0.3) is 21.9 Å². The summed E-state index contributed by atoms with van der Waals surface area (Å²) in [5, 5.41) is 10.3. The number of nitrogens with zero attached hydrogens (tertiary/aromatic N) is 4. The standard InChI is InChI=1S/C34H42N4O6S2Si/c1-24-11-13-28(27-15-17-38(31(24)27)46(41,42)33(2)16-9-10-26(21-33)45(5,39)40)34(3,43-4)32-36-29-14-12-25(22-35)20-30(29)37(32)23-44-18-19-47(6,7)8/h9-15,17,20-21H,16,18-19,23H2,1-8H3. The Morgan fingerprint density at radius 2 is 1.85 bits per heavy atom. The number of nitriles is 1. The summed E-state index contributed by atoms with van der Waals surface area (Å²) in [6.07, 6.45) is 7.09. The van der Waals surface area contributed by atoms with Gasteiger partial charge in [-0.1, -0.05) is 37.8 Å². The normalized spacial score (nSPS) is 18.7. The topological polar surface area (TPSA) is 133 Å². The van der Waals surface area contributed by atoms with Crippen LogP contribution in [0.5, 0.6) is 0 Å². The number of hydrogen-bond donors (Lipinski definition) is 0. The third-order valence-corrected chi connectivity index (χ3v) is 14.1. The SMILES string of the molecule is COC(C)(c1ccc(C)c2c1ccn2S(=O)(=O)C1(C)C=C(S(C)(=O)=O)C=CC1)c1nc2ccc(C#N)cc2n1COCC[Si](C)(C)C. The monoisotopic (exact) mass is 694 g/mol. The molecule has 13 heteroatoms. The van der Waals surface area contributed by atoms with E-state index in [-0.39, 0.29) is 18.1 Å². The van der Waals surface area contributed by atoms with Crippen LogP contribution in [0.3, 0.4) is 0 Å². The van der Waals surface area contributed by atoms with Crippen molar-refractivity contribution in [3.63, 3.8) is 0 Å². The summed E-state index contributed by atoms with van der Waals surface area (Å²) >= 11 is 0. The Morgan fingerprint density at radius 3 is 2.49 bits per heavy atom. The highest BCUT2D eigenvalue weighted by molar-refractivity contribution is 7.95. The molecule has 5 rings (SSSR count). The van der Waals surface area contributed by atoms with Gasteiger partial charge in [0.2, 0.25) is 10.0 Å². The lowest BCUT2D eigenvalue weighted by Gasteiger charge is -2.31. The number of fused-ring (bicyclic) bond motifs is 2. The molecule has 0 radical (unpaired) electrons. The minimum atomic E-state index is -4.14. The van der Waals surface area contributed by atoms with Gasteiger partial charge in [0, 0.05) is 45.2 Å². The molecule has 10 nitrogen and oxygen atoms in total. The van der Waals surface area contributed by atoms with E-state index in [0.29, 0.717) is 40.0 Å². The van der Waals surface area contributed by atoms with Crippen LogP contribution in [0, 0.1) is 18.3 Å². The molecule has 0 spiro atoms. The molecule has 0 fully saturated rings. The Morgan fingerprint density at radius 1 is 1.13 bits per heavy atom. The van der Waals surface area contributed by atoms with Gasteiger partial charge in [0.05, 0.1) is 33.1 Å². The molecule has 0 N–H and O–H groups in total. The zero-order chi connectivity index (χ0) is 34.6. The summed E-state index contributed by atoms with van der Waals surface area (Å²) in [7, 11) is -7.52.